The predicted molar refractivity (Wildman–Crippen MR) is 89.6 cm³/mol. The molecule has 2 rings (SSSR count). The first-order valence-electron chi connectivity index (χ1n) is 7.15. The van der Waals surface area contributed by atoms with Crippen molar-refractivity contribution in [1.82, 2.24) is 0 Å². The van der Waals surface area contributed by atoms with Gasteiger partial charge in [0.15, 0.2) is 0 Å². The highest BCUT2D eigenvalue weighted by Gasteiger charge is 2.02. The van der Waals surface area contributed by atoms with Gasteiger partial charge in [-0.1, -0.05) is 71.4 Å². The summed E-state index contributed by atoms with van der Waals surface area (Å²) in [5.74, 6) is -0.159. The fourth-order valence-electron chi connectivity index (χ4n) is 1.79. The first-order chi connectivity index (χ1) is 10.6. The average Bonchev–Trinajstić information content (AvgIpc) is 2.55. The molecule has 0 aliphatic carbocycles. The van der Waals surface area contributed by atoms with Crippen LogP contribution in [0.25, 0.3) is 6.08 Å². The Morgan fingerprint density at radius 2 is 1.77 bits per heavy atom. The second-order valence-electron chi connectivity index (χ2n) is 5.04. The van der Waals surface area contributed by atoms with Crippen LogP contribution in [0.3, 0.4) is 0 Å². The lowest BCUT2D eigenvalue weighted by Gasteiger charge is -2.00. The van der Waals surface area contributed by atoms with Crippen molar-refractivity contribution < 1.29 is 9.63 Å². The van der Waals surface area contributed by atoms with Gasteiger partial charge >= 0.3 is 0 Å². The van der Waals surface area contributed by atoms with Gasteiger partial charge in [0.2, 0.25) is 5.78 Å². The Balaban J connectivity index is 1.88. The molecule has 0 atom stereocenters. The zero-order valence-electron chi connectivity index (χ0n) is 12.8. The molecule has 3 nitrogen and oxygen atoms in total. The van der Waals surface area contributed by atoms with Crippen molar-refractivity contribution in [2.75, 3.05) is 0 Å². The van der Waals surface area contributed by atoms with Crippen LogP contribution in [0.1, 0.15) is 23.6 Å². The van der Waals surface area contributed by atoms with Crippen LogP contribution in [0.4, 0.5) is 0 Å². The standard InChI is InChI=1S/C19H19NO2/c1-15-8-10-17(11-9-15)12-13-19(21)16(2)20-22-14-18-6-4-3-5-7-18/h3-13H,14H2,1-2H3/b13-12+,20-16+. The summed E-state index contributed by atoms with van der Waals surface area (Å²) in [5, 5.41) is 3.86. The van der Waals surface area contributed by atoms with Crippen LogP contribution in [0.15, 0.2) is 65.8 Å². The monoisotopic (exact) mass is 293 g/mol. The van der Waals surface area contributed by atoms with Crippen LogP contribution in [-0.2, 0) is 16.2 Å². The van der Waals surface area contributed by atoms with Crippen LogP contribution in [0, 0.1) is 6.92 Å². The zero-order valence-corrected chi connectivity index (χ0v) is 12.8. The first kappa shape index (κ1) is 15.7. The third-order valence-corrected chi connectivity index (χ3v) is 3.14. The Labute approximate surface area is 130 Å². The summed E-state index contributed by atoms with van der Waals surface area (Å²) in [6, 6.07) is 17.7. The molecule has 0 aliphatic rings. The molecule has 0 N–H and O–H groups in total. The van der Waals surface area contributed by atoms with Gasteiger partial charge in [-0.15, -0.1) is 0 Å². The van der Waals surface area contributed by atoms with Crippen LogP contribution < -0.4 is 0 Å². The lowest BCUT2D eigenvalue weighted by atomic mass is 10.1. The van der Waals surface area contributed by atoms with Gasteiger partial charge in [0.25, 0.3) is 0 Å². The van der Waals surface area contributed by atoms with E-state index >= 15 is 0 Å². The van der Waals surface area contributed by atoms with Crippen LogP contribution >= 0.6 is 0 Å². The highest BCUT2D eigenvalue weighted by Crippen LogP contribution is 2.05. The molecule has 0 spiro atoms. The van der Waals surface area contributed by atoms with E-state index in [4.69, 9.17) is 4.84 Å². The second-order valence-corrected chi connectivity index (χ2v) is 5.04. The molecule has 2 aromatic rings. The normalized spacial score (nSPS) is 11.6. The summed E-state index contributed by atoms with van der Waals surface area (Å²) in [6.45, 7) is 4.03. The molecule has 0 heterocycles. The van der Waals surface area contributed by atoms with E-state index in [-0.39, 0.29) is 5.78 Å². The number of carbonyl (C=O) groups excluding carboxylic acids is 1. The number of hydrogen-bond donors (Lipinski definition) is 0. The molecule has 22 heavy (non-hydrogen) atoms. The van der Waals surface area contributed by atoms with Gasteiger partial charge in [0, 0.05) is 0 Å². The molecule has 0 saturated carbocycles. The summed E-state index contributed by atoms with van der Waals surface area (Å²) in [4.78, 5) is 17.1. The quantitative estimate of drug-likeness (QED) is 0.455. The van der Waals surface area contributed by atoms with Gasteiger partial charge in [0.05, 0.1) is 0 Å². The molecule has 3 heteroatoms. The van der Waals surface area contributed by atoms with Crippen molar-refractivity contribution in [3.63, 3.8) is 0 Å². The van der Waals surface area contributed by atoms with Crippen molar-refractivity contribution in [3.8, 4) is 0 Å². The minimum absolute atomic E-state index is 0.159. The average molecular weight is 293 g/mol. The number of ketones is 1. The Kier molecular flexibility index (Phi) is 5.66. The van der Waals surface area contributed by atoms with E-state index in [0.29, 0.717) is 12.3 Å². The van der Waals surface area contributed by atoms with Gasteiger partial charge in [-0.05, 0) is 31.1 Å². The van der Waals surface area contributed by atoms with E-state index in [9.17, 15) is 4.79 Å². The van der Waals surface area contributed by atoms with Crippen molar-refractivity contribution >= 4 is 17.6 Å². The molecule has 2 aromatic carbocycles. The summed E-state index contributed by atoms with van der Waals surface area (Å²) in [7, 11) is 0. The maximum absolute atomic E-state index is 11.9. The third-order valence-electron chi connectivity index (χ3n) is 3.14. The van der Waals surface area contributed by atoms with Crippen molar-refractivity contribution in [2.24, 2.45) is 5.16 Å². The molecule has 0 radical (unpaired) electrons. The lowest BCUT2D eigenvalue weighted by molar-refractivity contribution is -0.109. The predicted octanol–water partition coefficient (Wildman–Crippen LogP) is 4.17. The van der Waals surface area contributed by atoms with Gasteiger partial charge in [-0.3, -0.25) is 4.79 Å². The molecule has 0 saturated heterocycles. The van der Waals surface area contributed by atoms with E-state index in [1.165, 1.54) is 11.6 Å². The summed E-state index contributed by atoms with van der Waals surface area (Å²) in [6.07, 6.45) is 3.29. The molecule has 0 fully saturated rings. The number of nitrogens with zero attached hydrogens (tertiary/aromatic N) is 1. The smallest absolute Gasteiger partial charge is 0.203 e. The molecule has 0 aromatic heterocycles. The molecule has 0 bridgehead atoms. The molecule has 0 aliphatic heterocycles. The van der Waals surface area contributed by atoms with Crippen LogP contribution in [-0.4, -0.2) is 11.5 Å². The number of rotatable bonds is 6. The Morgan fingerprint density at radius 3 is 2.45 bits per heavy atom. The number of allylic oxidation sites excluding steroid dienone is 1. The Hall–Kier alpha value is -2.68. The highest BCUT2D eigenvalue weighted by molar-refractivity contribution is 6.43. The summed E-state index contributed by atoms with van der Waals surface area (Å²) < 4.78 is 0. The maximum Gasteiger partial charge on any atom is 0.203 e. The molecule has 0 unspecified atom stereocenters. The number of benzene rings is 2. The van der Waals surface area contributed by atoms with E-state index in [2.05, 4.69) is 5.16 Å². The molecular weight excluding hydrogens is 274 g/mol. The zero-order chi connectivity index (χ0) is 15.8. The number of oxime groups is 1. The van der Waals surface area contributed by atoms with Crippen molar-refractivity contribution in [1.29, 1.82) is 0 Å². The van der Waals surface area contributed by atoms with Gasteiger partial charge in [-0.25, -0.2) is 0 Å². The highest BCUT2D eigenvalue weighted by atomic mass is 16.6. The second kappa shape index (κ2) is 7.93. The van der Waals surface area contributed by atoms with E-state index in [0.717, 1.165) is 11.1 Å². The largest absolute Gasteiger partial charge is 0.391 e. The number of hydrogen-bond acceptors (Lipinski definition) is 3. The van der Waals surface area contributed by atoms with Crippen LogP contribution in [0.2, 0.25) is 0 Å². The Morgan fingerprint density at radius 1 is 1.09 bits per heavy atom. The third kappa shape index (κ3) is 5.02. The topological polar surface area (TPSA) is 38.7 Å². The fraction of sp³-hybridized carbons (Fsp3) is 0.158. The summed E-state index contributed by atoms with van der Waals surface area (Å²) >= 11 is 0. The van der Waals surface area contributed by atoms with Gasteiger partial charge < -0.3 is 4.84 Å². The van der Waals surface area contributed by atoms with Gasteiger partial charge in [0.1, 0.15) is 12.3 Å². The number of carbonyl (C=O) groups is 1. The van der Waals surface area contributed by atoms with Crippen molar-refractivity contribution in [3.05, 3.63) is 77.4 Å². The summed E-state index contributed by atoms with van der Waals surface area (Å²) in [5.41, 5.74) is 3.52. The maximum atomic E-state index is 11.9. The minimum Gasteiger partial charge on any atom is -0.391 e. The van der Waals surface area contributed by atoms with Crippen LogP contribution in [0.5, 0.6) is 0 Å². The molecular formula is C19H19NO2. The van der Waals surface area contributed by atoms with Gasteiger partial charge in [-0.2, -0.15) is 0 Å². The number of aryl methyl sites for hydroxylation is 1. The Bertz CT molecular complexity index is 670. The fourth-order valence-corrected chi connectivity index (χ4v) is 1.79. The van der Waals surface area contributed by atoms with Crippen molar-refractivity contribution in [2.45, 2.75) is 20.5 Å². The minimum atomic E-state index is -0.159. The molecule has 0 amide bonds. The first-order valence-corrected chi connectivity index (χ1v) is 7.15. The molecule has 112 valence electrons. The van der Waals surface area contributed by atoms with E-state index < -0.39 is 0 Å². The van der Waals surface area contributed by atoms with E-state index in [1.807, 2.05) is 61.5 Å². The lowest BCUT2D eigenvalue weighted by Crippen LogP contribution is -2.07. The van der Waals surface area contributed by atoms with E-state index in [1.54, 1.807) is 13.0 Å². The SMILES string of the molecule is C/C(=N\OCc1ccccc1)C(=O)/C=C/c1ccc(C)cc1.